The number of hydrogen-bond acceptors (Lipinski definition) is 3. The molecule has 0 bridgehead atoms. The predicted octanol–water partition coefficient (Wildman–Crippen LogP) is 6.06. The van der Waals surface area contributed by atoms with Crippen LogP contribution in [0.25, 0.3) is 0 Å². The Morgan fingerprint density at radius 3 is 2.17 bits per heavy atom. The Bertz CT molecular complexity index is 997. The molecule has 0 aromatic heterocycles. The summed E-state index contributed by atoms with van der Waals surface area (Å²) in [5, 5.41) is 0. The molecule has 1 fully saturated rings. The molecule has 4 rings (SSSR count). The molecule has 1 aliphatic carbocycles. The Morgan fingerprint density at radius 2 is 1.60 bits per heavy atom. The third-order valence-corrected chi connectivity index (χ3v) is 6.49. The molecular weight excluding hydrogens is 395 g/mol. The molecule has 30 heavy (non-hydrogen) atoms. The lowest BCUT2D eigenvalue weighted by atomic mass is 9.86. The van der Waals surface area contributed by atoms with Gasteiger partial charge >= 0.3 is 0 Å². The largest absolute Gasteiger partial charge is 0.271 e. The number of amides is 1. The number of rotatable bonds is 2. The van der Waals surface area contributed by atoms with Crippen LogP contribution in [0.5, 0.6) is 0 Å². The predicted molar refractivity (Wildman–Crippen MR) is 123 cm³/mol. The van der Waals surface area contributed by atoms with Crippen molar-refractivity contribution in [2.24, 2.45) is 4.99 Å². The summed E-state index contributed by atoms with van der Waals surface area (Å²) in [5.41, 5.74) is 2.76. The quantitative estimate of drug-likeness (QED) is 0.552. The lowest BCUT2D eigenvalue weighted by Gasteiger charge is -2.38. The van der Waals surface area contributed by atoms with Crippen LogP contribution in [0.1, 0.15) is 74.4 Å². The maximum atomic E-state index is 13.4. The van der Waals surface area contributed by atoms with Gasteiger partial charge in [0.15, 0.2) is 0 Å². The molecule has 2 aromatic rings. The van der Waals surface area contributed by atoms with Crippen molar-refractivity contribution >= 4 is 28.8 Å². The Kier molecular flexibility index (Phi) is 5.35. The highest BCUT2D eigenvalue weighted by Crippen LogP contribution is 2.41. The van der Waals surface area contributed by atoms with E-state index in [1.54, 1.807) is 4.90 Å². The van der Waals surface area contributed by atoms with E-state index in [0.29, 0.717) is 16.3 Å². The van der Waals surface area contributed by atoms with Gasteiger partial charge in [-0.15, -0.1) is 0 Å². The molecule has 1 spiro atoms. The van der Waals surface area contributed by atoms with Crippen LogP contribution < -0.4 is 0 Å². The van der Waals surface area contributed by atoms with Crippen molar-refractivity contribution in [1.82, 2.24) is 4.90 Å². The third kappa shape index (κ3) is 3.71. The van der Waals surface area contributed by atoms with E-state index in [0.717, 1.165) is 37.7 Å². The monoisotopic (exact) mass is 422 g/mol. The zero-order chi connectivity index (χ0) is 21.5. The molecule has 1 saturated carbocycles. The number of thiocarbonyl (C=S) groups is 1. The van der Waals surface area contributed by atoms with E-state index >= 15 is 0 Å². The first-order valence-electron chi connectivity index (χ1n) is 10.6. The van der Waals surface area contributed by atoms with Crippen LogP contribution in [-0.2, 0) is 5.41 Å². The topological polar surface area (TPSA) is 32.7 Å². The van der Waals surface area contributed by atoms with Crippen LogP contribution in [0.4, 0.5) is 4.39 Å². The minimum atomic E-state index is -0.626. The van der Waals surface area contributed by atoms with E-state index in [1.165, 1.54) is 29.8 Å². The summed E-state index contributed by atoms with van der Waals surface area (Å²) in [4.78, 5) is 20.7. The highest BCUT2D eigenvalue weighted by molar-refractivity contribution is 7.82. The van der Waals surface area contributed by atoms with Crippen LogP contribution >= 0.6 is 12.2 Å². The summed E-state index contributed by atoms with van der Waals surface area (Å²) in [6.07, 6.45) is 4.75. The Hall–Kier alpha value is -2.40. The Balaban J connectivity index is 1.73. The molecule has 0 unspecified atom stereocenters. The lowest BCUT2D eigenvalue weighted by Crippen LogP contribution is -2.50. The first kappa shape index (κ1) is 20.9. The molecule has 1 heterocycles. The molecule has 156 valence electrons. The SMILES string of the molecule is CC(C)(C)c1ccc(C2=NC3(CCCCC3)N(C(=O)c3ccc(F)cc3)C2=S)cc1. The van der Waals surface area contributed by atoms with Crippen LogP contribution in [0.3, 0.4) is 0 Å². The van der Waals surface area contributed by atoms with Crippen LogP contribution in [-0.4, -0.2) is 27.2 Å². The third-order valence-electron chi connectivity index (χ3n) is 6.11. The van der Waals surface area contributed by atoms with Crippen molar-refractivity contribution in [3.63, 3.8) is 0 Å². The second-order valence-electron chi connectivity index (χ2n) is 9.28. The highest BCUT2D eigenvalue weighted by atomic mass is 32.1. The standard InChI is InChI=1S/C25H27FN2OS/c1-24(2,3)19-11-7-17(8-12-19)21-23(30)28(25(27-21)15-5-4-6-16-25)22(29)18-9-13-20(26)14-10-18/h7-14H,4-6,15-16H2,1-3H3. The smallest absolute Gasteiger partial charge is 0.260 e. The van der Waals surface area contributed by atoms with Gasteiger partial charge in [-0.3, -0.25) is 14.7 Å². The van der Waals surface area contributed by atoms with Crippen LogP contribution in [0, 0.1) is 5.82 Å². The van der Waals surface area contributed by atoms with Gasteiger partial charge < -0.3 is 0 Å². The molecule has 0 N–H and O–H groups in total. The minimum absolute atomic E-state index is 0.0612. The van der Waals surface area contributed by atoms with Gasteiger partial charge in [-0.25, -0.2) is 4.39 Å². The maximum Gasteiger partial charge on any atom is 0.260 e. The zero-order valence-electron chi connectivity index (χ0n) is 17.7. The fourth-order valence-corrected chi connectivity index (χ4v) is 4.79. The Labute approximate surface area is 183 Å². The van der Waals surface area contributed by atoms with Gasteiger partial charge in [0.25, 0.3) is 5.91 Å². The Morgan fingerprint density at radius 1 is 1.00 bits per heavy atom. The molecule has 0 radical (unpaired) electrons. The molecular formula is C25H27FN2OS. The average molecular weight is 423 g/mol. The second-order valence-corrected chi connectivity index (χ2v) is 9.67. The fraction of sp³-hybridized carbons (Fsp3) is 0.400. The highest BCUT2D eigenvalue weighted by Gasteiger charge is 2.48. The van der Waals surface area contributed by atoms with Crippen molar-refractivity contribution < 1.29 is 9.18 Å². The number of aliphatic imine (C=N–C) groups is 1. The van der Waals surface area contributed by atoms with Gasteiger partial charge in [0, 0.05) is 11.1 Å². The summed E-state index contributed by atoms with van der Waals surface area (Å²) in [5.74, 6) is -0.564. The molecule has 2 aliphatic rings. The van der Waals surface area contributed by atoms with Gasteiger partial charge in [0.2, 0.25) is 0 Å². The minimum Gasteiger partial charge on any atom is -0.271 e. The summed E-state index contributed by atoms with van der Waals surface area (Å²) < 4.78 is 13.4. The van der Waals surface area contributed by atoms with Crippen molar-refractivity contribution in [3.05, 3.63) is 71.0 Å². The molecule has 3 nitrogen and oxygen atoms in total. The summed E-state index contributed by atoms with van der Waals surface area (Å²) in [6, 6.07) is 14.0. The number of nitrogens with zero attached hydrogens (tertiary/aromatic N) is 2. The molecule has 0 atom stereocenters. The van der Waals surface area contributed by atoms with Gasteiger partial charge in [-0.05, 0) is 60.9 Å². The zero-order valence-corrected chi connectivity index (χ0v) is 18.6. The number of carbonyl (C=O) groups excluding carboxylic acids is 1. The van der Waals surface area contributed by atoms with E-state index < -0.39 is 5.66 Å². The van der Waals surface area contributed by atoms with Gasteiger partial charge in [-0.2, -0.15) is 0 Å². The van der Waals surface area contributed by atoms with Crippen LogP contribution in [0.2, 0.25) is 0 Å². The fourth-order valence-electron chi connectivity index (χ4n) is 4.37. The van der Waals surface area contributed by atoms with Gasteiger partial charge in [0.1, 0.15) is 22.2 Å². The van der Waals surface area contributed by atoms with Gasteiger partial charge in [0.05, 0.1) is 0 Å². The first-order valence-corrected chi connectivity index (χ1v) is 11.0. The van der Waals surface area contributed by atoms with E-state index in [1.807, 2.05) is 12.1 Å². The number of benzene rings is 2. The molecule has 2 aromatic carbocycles. The number of carbonyl (C=O) groups is 1. The van der Waals surface area contributed by atoms with E-state index in [2.05, 4.69) is 32.9 Å². The lowest BCUT2D eigenvalue weighted by molar-refractivity contribution is 0.0648. The molecule has 5 heteroatoms. The van der Waals surface area contributed by atoms with Crippen LogP contribution in [0.15, 0.2) is 53.5 Å². The van der Waals surface area contributed by atoms with Crippen molar-refractivity contribution in [2.45, 2.75) is 64.0 Å². The number of hydrogen-bond donors (Lipinski definition) is 0. The number of halogens is 1. The summed E-state index contributed by atoms with van der Waals surface area (Å²) in [7, 11) is 0. The first-order chi connectivity index (χ1) is 14.2. The molecule has 1 aliphatic heterocycles. The summed E-state index contributed by atoms with van der Waals surface area (Å²) >= 11 is 5.81. The normalized spacial score (nSPS) is 18.6. The van der Waals surface area contributed by atoms with Crippen molar-refractivity contribution in [1.29, 1.82) is 0 Å². The average Bonchev–Trinajstić information content (AvgIpc) is 2.99. The van der Waals surface area contributed by atoms with E-state index in [4.69, 9.17) is 17.2 Å². The van der Waals surface area contributed by atoms with Crippen molar-refractivity contribution in [3.8, 4) is 0 Å². The van der Waals surface area contributed by atoms with Crippen molar-refractivity contribution in [2.75, 3.05) is 0 Å². The van der Waals surface area contributed by atoms with E-state index in [9.17, 15) is 9.18 Å². The summed E-state index contributed by atoms with van der Waals surface area (Å²) in [6.45, 7) is 6.54. The molecule has 0 saturated heterocycles. The maximum absolute atomic E-state index is 13.4. The second kappa shape index (κ2) is 7.69. The molecule has 1 amide bonds. The van der Waals surface area contributed by atoms with Gasteiger partial charge in [-0.1, -0.05) is 63.7 Å². The van der Waals surface area contributed by atoms with E-state index in [-0.39, 0.29) is 17.1 Å².